The van der Waals surface area contributed by atoms with Gasteiger partial charge in [-0.3, -0.25) is 14.5 Å². The standard InChI is InChI=1S/C21H28N6O5S2/c1-3-32-25-14(13-11-34-21(22)23-13)17(28)24-15-18(29)26-16(20(30)31)12(10-33-19(15)26)9-27(2)7-5-4-6-8-27/h11,15,19H,3-10H2,1-2H3,(H3-,22,23,24,28,30,31)/p+1/t15?,19-/m0/s1. The van der Waals surface area contributed by atoms with Crippen LogP contribution in [-0.4, -0.2) is 93.4 Å². The van der Waals surface area contributed by atoms with E-state index in [-0.39, 0.29) is 28.8 Å². The van der Waals surface area contributed by atoms with Gasteiger partial charge >= 0.3 is 5.97 Å². The highest BCUT2D eigenvalue weighted by Crippen LogP contribution is 2.41. The van der Waals surface area contributed by atoms with E-state index < -0.39 is 29.2 Å². The van der Waals surface area contributed by atoms with Crippen LogP contribution in [0.15, 0.2) is 21.8 Å². The number of amides is 2. The molecule has 4 heterocycles. The second-order valence-electron chi connectivity index (χ2n) is 8.83. The number of aliphatic carboxylic acids is 1. The van der Waals surface area contributed by atoms with Gasteiger partial charge in [0, 0.05) is 16.7 Å². The predicted molar refractivity (Wildman–Crippen MR) is 129 cm³/mol. The molecule has 0 aliphatic carbocycles. The van der Waals surface area contributed by atoms with E-state index in [0.717, 1.165) is 47.3 Å². The molecule has 0 bridgehead atoms. The number of rotatable bonds is 8. The lowest BCUT2D eigenvalue weighted by atomic mass is 10.0. The van der Waals surface area contributed by atoms with Crippen LogP contribution in [0.5, 0.6) is 0 Å². The molecule has 1 aromatic rings. The number of likely N-dealkylation sites (N-methyl/N-ethyl adjacent to an activating group) is 1. The van der Waals surface area contributed by atoms with Crippen molar-refractivity contribution in [1.82, 2.24) is 15.2 Å². The van der Waals surface area contributed by atoms with Crippen LogP contribution in [0.2, 0.25) is 0 Å². The Morgan fingerprint density at radius 2 is 2.12 bits per heavy atom. The first kappa shape index (κ1) is 24.5. The molecule has 3 aliphatic heterocycles. The van der Waals surface area contributed by atoms with Gasteiger partial charge in [-0.2, -0.15) is 0 Å². The van der Waals surface area contributed by atoms with Crippen molar-refractivity contribution in [1.29, 1.82) is 0 Å². The zero-order valence-corrected chi connectivity index (χ0v) is 20.8. The summed E-state index contributed by atoms with van der Waals surface area (Å²) < 4.78 is 0.785. The summed E-state index contributed by atoms with van der Waals surface area (Å²) in [6.45, 7) is 4.58. The van der Waals surface area contributed by atoms with E-state index in [2.05, 4.69) is 22.5 Å². The van der Waals surface area contributed by atoms with Crippen LogP contribution in [0, 0.1) is 0 Å². The molecule has 11 nitrogen and oxygen atoms in total. The Morgan fingerprint density at radius 3 is 2.74 bits per heavy atom. The zero-order valence-electron chi connectivity index (χ0n) is 19.2. The normalized spacial score (nSPS) is 24.4. The second kappa shape index (κ2) is 9.92. The molecule has 34 heavy (non-hydrogen) atoms. The van der Waals surface area contributed by atoms with Gasteiger partial charge in [0.15, 0.2) is 10.8 Å². The second-order valence-corrected chi connectivity index (χ2v) is 10.8. The number of likely N-dealkylation sites (tertiary alicyclic amines) is 1. The van der Waals surface area contributed by atoms with E-state index in [1.807, 2.05) is 0 Å². The van der Waals surface area contributed by atoms with Crippen molar-refractivity contribution in [3.8, 4) is 0 Å². The van der Waals surface area contributed by atoms with E-state index >= 15 is 0 Å². The number of carboxylic acids is 1. The molecule has 2 fully saturated rings. The number of hydrogen-bond acceptors (Lipinski definition) is 9. The molecular formula is C21H29N6O5S2+. The number of piperidine rings is 1. The molecule has 4 rings (SSSR count). The number of nitrogens with two attached hydrogens (primary N) is 1. The first-order valence-corrected chi connectivity index (χ1v) is 13.1. The highest BCUT2D eigenvalue weighted by molar-refractivity contribution is 8.00. The largest absolute Gasteiger partial charge is 0.477 e. The highest BCUT2D eigenvalue weighted by atomic mass is 32.2. The molecule has 0 radical (unpaired) electrons. The van der Waals surface area contributed by atoms with Crippen molar-refractivity contribution in [3.05, 3.63) is 22.3 Å². The summed E-state index contributed by atoms with van der Waals surface area (Å²) in [6, 6.07) is -0.865. The number of carbonyl (C=O) groups excluding carboxylic acids is 2. The first-order valence-electron chi connectivity index (χ1n) is 11.2. The third-order valence-corrected chi connectivity index (χ3v) is 8.28. The van der Waals surface area contributed by atoms with Gasteiger partial charge in [0.05, 0.1) is 20.1 Å². The average molecular weight is 510 g/mol. The molecule has 0 spiro atoms. The van der Waals surface area contributed by atoms with Crippen LogP contribution < -0.4 is 11.1 Å². The van der Waals surface area contributed by atoms with Gasteiger partial charge in [-0.05, 0) is 26.2 Å². The quantitative estimate of drug-likeness (QED) is 0.202. The van der Waals surface area contributed by atoms with Crippen molar-refractivity contribution in [3.63, 3.8) is 0 Å². The SMILES string of the molecule is CCON=C(C(=O)NC1C(=O)N2C(C(=O)O)=C(C[N+]3(C)CCCCC3)CS[C@@H]12)c1csc(N)n1. The highest BCUT2D eigenvalue weighted by Gasteiger charge is 2.55. The van der Waals surface area contributed by atoms with Crippen LogP contribution in [0.4, 0.5) is 5.13 Å². The molecular weight excluding hydrogens is 480 g/mol. The number of hydrogen-bond donors (Lipinski definition) is 3. The number of anilines is 1. The molecule has 184 valence electrons. The molecule has 1 unspecified atom stereocenters. The van der Waals surface area contributed by atoms with Gasteiger partial charge in [-0.25, -0.2) is 9.78 Å². The van der Waals surface area contributed by atoms with E-state index in [1.165, 1.54) is 23.1 Å². The lowest BCUT2D eigenvalue weighted by molar-refractivity contribution is -0.909. The third kappa shape index (κ3) is 4.77. The number of nitrogen functional groups attached to an aromatic ring is 1. The van der Waals surface area contributed by atoms with Gasteiger partial charge in [-0.15, -0.1) is 23.1 Å². The summed E-state index contributed by atoms with van der Waals surface area (Å²) in [5, 5.41) is 17.9. The van der Waals surface area contributed by atoms with Crippen molar-refractivity contribution in [2.24, 2.45) is 5.16 Å². The Labute approximate surface area is 205 Å². The topological polar surface area (TPSA) is 147 Å². The van der Waals surface area contributed by atoms with Gasteiger partial charge in [0.1, 0.15) is 36.0 Å². The lowest BCUT2D eigenvalue weighted by Crippen LogP contribution is -2.71. The molecule has 3 aliphatic rings. The van der Waals surface area contributed by atoms with Crippen molar-refractivity contribution >= 4 is 51.7 Å². The van der Waals surface area contributed by atoms with Crippen LogP contribution in [0.1, 0.15) is 31.9 Å². The van der Waals surface area contributed by atoms with Gasteiger partial charge in [0.2, 0.25) is 0 Å². The van der Waals surface area contributed by atoms with E-state index in [4.69, 9.17) is 10.6 Å². The van der Waals surface area contributed by atoms with Crippen molar-refractivity contribution < 1.29 is 28.8 Å². The van der Waals surface area contributed by atoms with Gasteiger partial charge in [0.25, 0.3) is 11.8 Å². The monoisotopic (exact) mass is 509 g/mol. The maximum absolute atomic E-state index is 13.0. The van der Waals surface area contributed by atoms with Crippen LogP contribution in [-0.2, 0) is 19.2 Å². The summed E-state index contributed by atoms with van der Waals surface area (Å²) in [7, 11) is 2.15. The number of nitrogens with one attached hydrogen (secondary N) is 1. The summed E-state index contributed by atoms with van der Waals surface area (Å²) in [5.74, 6) is -1.69. The molecule has 1 aromatic heterocycles. The molecule has 4 N–H and O–H groups in total. The Kier molecular flexibility index (Phi) is 7.14. The smallest absolute Gasteiger partial charge is 0.352 e. The molecule has 2 saturated heterocycles. The Balaban J connectivity index is 1.51. The van der Waals surface area contributed by atoms with Crippen LogP contribution in [0.25, 0.3) is 0 Å². The average Bonchev–Trinajstić information content (AvgIpc) is 3.23. The predicted octanol–water partition coefficient (Wildman–Crippen LogP) is 0.835. The molecule has 0 aromatic carbocycles. The van der Waals surface area contributed by atoms with Gasteiger partial charge < -0.3 is 25.5 Å². The number of thioether (sulfide) groups is 1. The van der Waals surface area contributed by atoms with Crippen molar-refractivity contribution in [2.45, 2.75) is 37.6 Å². The number of carbonyl (C=O) groups is 3. The Morgan fingerprint density at radius 1 is 1.38 bits per heavy atom. The minimum Gasteiger partial charge on any atom is -0.477 e. The number of β-lactam (4-membered cyclic amide) rings is 1. The minimum atomic E-state index is -1.11. The lowest BCUT2D eigenvalue weighted by Gasteiger charge is -2.50. The number of carboxylic acid groups (broad SMARTS) is 1. The maximum Gasteiger partial charge on any atom is 0.352 e. The van der Waals surface area contributed by atoms with Crippen LogP contribution in [0.3, 0.4) is 0 Å². The molecule has 13 heteroatoms. The maximum atomic E-state index is 13.0. The fourth-order valence-corrected chi connectivity index (χ4v) is 6.52. The summed E-state index contributed by atoms with van der Waals surface area (Å²) in [5.41, 5.74) is 6.67. The van der Waals surface area contributed by atoms with Crippen molar-refractivity contribution in [2.75, 3.05) is 44.8 Å². The minimum absolute atomic E-state index is 0.0552. The van der Waals surface area contributed by atoms with Crippen LogP contribution >= 0.6 is 23.1 Å². The summed E-state index contributed by atoms with van der Waals surface area (Å²) in [4.78, 5) is 48.6. The Hall–Kier alpha value is -2.64. The number of thiazole rings is 1. The number of quaternary nitrogens is 1. The number of aromatic nitrogens is 1. The molecule has 2 atom stereocenters. The number of nitrogens with zero attached hydrogens (tertiary/aromatic N) is 4. The molecule has 0 saturated carbocycles. The van der Waals surface area contributed by atoms with E-state index in [0.29, 0.717) is 12.3 Å². The number of oxime groups is 1. The fraction of sp³-hybridized carbons (Fsp3) is 0.571. The van der Waals surface area contributed by atoms with E-state index in [9.17, 15) is 19.5 Å². The fourth-order valence-electron chi connectivity index (χ4n) is 4.64. The third-order valence-electron chi connectivity index (χ3n) is 6.27. The van der Waals surface area contributed by atoms with E-state index in [1.54, 1.807) is 12.3 Å². The molecule has 2 amide bonds. The first-order chi connectivity index (χ1) is 16.2. The summed E-state index contributed by atoms with van der Waals surface area (Å²) in [6.07, 6.45) is 3.44. The summed E-state index contributed by atoms with van der Waals surface area (Å²) >= 11 is 2.62. The van der Waals surface area contributed by atoms with Gasteiger partial charge in [-0.1, -0.05) is 5.16 Å². The number of fused-ring (bicyclic) bond motifs is 1. The Bertz CT molecular complexity index is 1050. The zero-order chi connectivity index (χ0) is 24.5.